The number of aromatic nitrogens is 1. The van der Waals surface area contributed by atoms with Crippen molar-refractivity contribution in [1.29, 1.82) is 0 Å². The maximum absolute atomic E-state index is 4.65. The van der Waals surface area contributed by atoms with Crippen LogP contribution >= 0.6 is 22.7 Å². The smallest absolute Gasteiger partial charge is 0.124 e. The van der Waals surface area contributed by atoms with Crippen LogP contribution in [-0.2, 0) is 0 Å². The largest absolute Gasteiger partial charge is 0.236 e. The highest BCUT2D eigenvalue weighted by molar-refractivity contribution is 7.13. The van der Waals surface area contributed by atoms with Crippen LogP contribution in [0.3, 0.4) is 0 Å². The molecule has 78 valence electrons. The van der Waals surface area contributed by atoms with Crippen LogP contribution in [0.5, 0.6) is 0 Å². The molecule has 3 aromatic rings. The Morgan fingerprint density at radius 1 is 0.875 bits per heavy atom. The third-order valence-electron chi connectivity index (χ3n) is 2.34. The lowest BCUT2D eigenvalue weighted by Gasteiger charge is -1.93. The van der Waals surface area contributed by atoms with E-state index in [2.05, 4.69) is 39.3 Å². The molecule has 2 aromatic heterocycles. The van der Waals surface area contributed by atoms with Gasteiger partial charge in [-0.2, -0.15) is 11.3 Å². The molecule has 3 heteroatoms. The highest BCUT2D eigenvalue weighted by Crippen LogP contribution is 2.29. The van der Waals surface area contributed by atoms with Crippen molar-refractivity contribution >= 4 is 22.7 Å². The maximum Gasteiger partial charge on any atom is 0.124 e. The van der Waals surface area contributed by atoms with E-state index in [1.165, 1.54) is 11.1 Å². The minimum Gasteiger partial charge on any atom is -0.236 e. The van der Waals surface area contributed by atoms with Crippen molar-refractivity contribution in [3.8, 4) is 21.8 Å². The monoisotopic (exact) mass is 243 g/mol. The number of benzene rings is 1. The first-order valence-corrected chi connectivity index (χ1v) is 6.79. The van der Waals surface area contributed by atoms with E-state index in [-0.39, 0.29) is 0 Å². The first-order valence-electron chi connectivity index (χ1n) is 4.97. The third kappa shape index (κ3) is 1.79. The quantitative estimate of drug-likeness (QED) is 0.644. The van der Waals surface area contributed by atoms with Crippen LogP contribution < -0.4 is 0 Å². The molecule has 0 amide bonds. The van der Waals surface area contributed by atoms with Gasteiger partial charge in [0.05, 0.1) is 5.69 Å². The Morgan fingerprint density at radius 2 is 1.75 bits per heavy atom. The number of rotatable bonds is 2. The van der Waals surface area contributed by atoms with E-state index < -0.39 is 0 Å². The van der Waals surface area contributed by atoms with Gasteiger partial charge in [0.25, 0.3) is 0 Å². The van der Waals surface area contributed by atoms with E-state index in [1.54, 1.807) is 22.7 Å². The predicted octanol–water partition coefficient (Wildman–Crippen LogP) is 4.54. The van der Waals surface area contributed by atoms with Crippen LogP contribution in [0.25, 0.3) is 21.8 Å². The second-order valence-electron chi connectivity index (χ2n) is 3.42. The first-order chi connectivity index (χ1) is 7.93. The Bertz CT molecular complexity index is 567. The molecule has 1 nitrogen and oxygen atoms in total. The summed E-state index contributed by atoms with van der Waals surface area (Å²) in [7, 11) is 0. The number of thiophene rings is 1. The summed E-state index contributed by atoms with van der Waals surface area (Å²) in [5.74, 6) is 0. The topological polar surface area (TPSA) is 12.9 Å². The van der Waals surface area contributed by atoms with Gasteiger partial charge in [-0.3, -0.25) is 0 Å². The molecule has 0 spiro atoms. The van der Waals surface area contributed by atoms with Gasteiger partial charge in [-0.1, -0.05) is 30.3 Å². The lowest BCUT2D eigenvalue weighted by Crippen LogP contribution is -1.76. The molecule has 0 saturated carbocycles. The average molecular weight is 243 g/mol. The normalized spacial score (nSPS) is 10.5. The lowest BCUT2D eigenvalue weighted by atomic mass is 10.2. The Labute approximate surface area is 102 Å². The standard InChI is InChI=1S/C13H9NS2/c1-2-4-10(5-3-1)13-14-12(9-16-13)11-6-7-15-8-11/h1-9H. The van der Waals surface area contributed by atoms with Gasteiger partial charge in [-0.25, -0.2) is 4.98 Å². The van der Waals surface area contributed by atoms with Crippen molar-refractivity contribution in [2.75, 3.05) is 0 Å². The average Bonchev–Trinajstić information content (AvgIpc) is 3.01. The van der Waals surface area contributed by atoms with Crippen LogP contribution in [0.4, 0.5) is 0 Å². The molecule has 0 aliphatic heterocycles. The van der Waals surface area contributed by atoms with Gasteiger partial charge in [0.1, 0.15) is 5.01 Å². The van der Waals surface area contributed by atoms with E-state index >= 15 is 0 Å². The molecule has 0 bridgehead atoms. The van der Waals surface area contributed by atoms with Gasteiger partial charge >= 0.3 is 0 Å². The molecule has 0 fully saturated rings. The highest BCUT2D eigenvalue weighted by atomic mass is 32.1. The fourth-order valence-electron chi connectivity index (χ4n) is 1.53. The van der Waals surface area contributed by atoms with Gasteiger partial charge in [0.2, 0.25) is 0 Å². The molecule has 0 atom stereocenters. The lowest BCUT2D eigenvalue weighted by molar-refractivity contribution is 1.41. The zero-order chi connectivity index (χ0) is 10.8. The molecule has 0 saturated heterocycles. The Kier molecular flexibility index (Phi) is 2.56. The number of hydrogen-bond donors (Lipinski definition) is 0. The molecule has 0 aliphatic carbocycles. The van der Waals surface area contributed by atoms with E-state index in [4.69, 9.17) is 0 Å². The van der Waals surface area contributed by atoms with E-state index in [0.717, 1.165) is 10.7 Å². The number of thiazole rings is 1. The predicted molar refractivity (Wildman–Crippen MR) is 70.9 cm³/mol. The van der Waals surface area contributed by atoms with Gasteiger partial charge in [0, 0.05) is 21.9 Å². The zero-order valence-corrected chi connectivity index (χ0v) is 10.1. The van der Waals surface area contributed by atoms with E-state index in [9.17, 15) is 0 Å². The molecule has 3 rings (SSSR count). The van der Waals surface area contributed by atoms with Crippen molar-refractivity contribution in [3.05, 3.63) is 52.5 Å². The third-order valence-corrected chi connectivity index (χ3v) is 3.92. The second-order valence-corrected chi connectivity index (χ2v) is 5.05. The second kappa shape index (κ2) is 4.20. The molecule has 16 heavy (non-hydrogen) atoms. The Hall–Kier alpha value is -1.45. The van der Waals surface area contributed by atoms with Crippen LogP contribution in [0.15, 0.2) is 52.5 Å². The van der Waals surface area contributed by atoms with Crippen molar-refractivity contribution in [3.63, 3.8) is 0 Å². The fraction of sp³-hybridized carbons (Fsp3) is 0. The van der Waals surface area contributed by atoms with Gasteiger partial charge in [-0.15, -0.1) is 11.3 Å². The zero-order valence-electron chi connectivity index (χ0n) is 8.46. The molecular formula is C13H9NS2. The van der Waals surface area contributed by atoms with Crippen LogP contribution in [-0.4, -0.2) is 4.98 Å². The first kappa shape index (κ1) is 9.75. The fourth-order valence-corrected chi connectivity index (χ4v) is 3.01. The summed E-state index contributed by atoms with van der Waals surface area (Å²) in [6.07, 6.45) is 0. The highest BCUT2D eigenvalue weighted by Gasteiger charge is 2.05. The Morgan fingerprint density at radius 3 is 2.50 bits per heavy atom. The van der Waals surface area contributed by atoms with Crippen LogP contribution in [0.1, 0.15) is 0 Å². The van der Waals surface area contributed by atoms with Crippen molar-refractivity contribution < 1.29 is 0 Å². The minimum atomic E-state index is 1.07. The molecule has 0 N–H and O–H groups in total. The molecule has 0 aliphatic rings. The number of hydrogen-bond acceptors (Lipinski definition) is 3. The van der Waals surface area contributed by atoms with Crippen LogP contribution in [0.2, 0.25) is 0 Å². The van der Waals surface area contributed by atoms with E-state index in [0.29, 0.717) is 0 Å². The van der Waals surface area contributed by atoms with Crippen LogP contribution in [0, 0.1) is 0 Å². The van der Waals surface area contributed by atoms with Gasteiger partial charge in [-0.05, 0) is 11.4 Å². The summed E-state index contributed by atoms with van der Waals surface area (Å²) in [5.41, 5.74) is 3.47. The van der Waals surface area contributed by atoms with Crippen molar-refractivity contribution in [2.45, 2.75) is 0 Å². The Balaban J connectivity index is 2.00. The van der Waals surface area contributed by atoms with Crippen molar-refractivity contribution in [2.24, 2.45) is 0 Å². The molecule has 2 heterocycles. The summed E-state index contributed by atoms with van der Waals surface area (Å²) >= 11 is 3.40. The number of nitrogens with zero attached hydrogens (tertiary/aromatic N) is 1. The maximum atomic E-state index is 4.65. The summed E-state index contributed by atoms with van der Waals surface area (Å²) < 4.78 is 0. The summed E-state index contributed by atoms with van der Waals surface area (Å²) in [5, 5.41) is 7.41. The molecular weight excluding hydrogens is 234 g/mol. The molecule has 0 unspecified atom stereocenters. The summed E-state index contributed by atoms with van der Waals surface area (Å²) in [6.45, 7) is 0. The molecule has 0 radical (unpaired) electrons. The summed E-state index contributed by atoms with van der Waals surface area (Å²) in [6, 6.07) is 12.4. The van der Waals surface area contributed by atoms with Gasteiger partial charge < -0.3 is 0 Å². The summed E-state index contributed by atoms with van der Waals surface area (Å²) in [4.78, 5) is 4.65. The van der Waals surface area contributed by atoms with E-state index in [1.807, 2.05) is 18.2 Å². The molecule has 1 aromatic carbocycles. The van der Waals surface area contributed by atoms with Crippen molar-refractivity contribution in [1.82, 2.24) is 4.98 Å². The minimum absolute atomic E-state index is 1.07. The van der Waals surface area contributed by atoms with Gasteiger partial charge in [0.15, 0.2) is 0 Å². The SMILES string of the molecule is c1ccc(-c2nc(-c3ccsc3)cs2)cc1.